The highest BCUT2D eigenvalue weighted by molar-refractivity contribution is 5.91. The van der Waals surface area contributed by atoms with Gasteiger partial charge in [0, 0.05) is 36.4 Å². The topological polar surface area (TPSA) is 88.0 Å². The molecule has 2 atom stereocenters. The van der Waals surface area contributed by atoms with Crippen LogP contribution >= 0.6 is 0 Å². The number of hydrogen-bond acceptors (Lipinski definition) is 5. The molecule has 1 unspecified atom stereocenters. The lowest BCUT2D eigenvalue weighted by Gasteiger charge is -2.31. The number of fused-ring (bicyclic) bond motifs is 1. The van der Waals surface area contributed by atoms with Crippen molar-refractivity contribution >= 4 is 22.8 Å². The van der Waals surface area contributed by atoms with Gasteiger partial charge in [0.05, 0.1) is 23.6 Å². The molecular weight excluding hydrogens is 402 g/mol. The highest BCUT2D eigenvalue weighted by atomic mass is 16.2. The van der Waals surface area contributed by atoms with Crippen LogP contribution in [0.2, 0.25) is 0 Å². The van der Waals surface area contributed by atoms with Gasteiger partial charge in [-0.05, 0) is 44.0 Å². The first-order valence-electron chi connectivity index (χ1n) is 11.6. The maximum atomic E-state index is 12.8. The van der Waals surface area contributed by atoms with Gasteiger partial charge in [-0.25, -0.2) is 14.5 Å². The van der Waals surface area contributed by atoms with Crippen molar-refractivity contribution in [3.8, 4) is 5.69 Å². The zero-order valence-corrected chi connectivity index (χ0v) is 18.8. The molecule has 0 radical (unpaired) electrons. The number of pyridine rings is 2. The molecule has 0 aromatic carbocycles. The Kier molecular flexibility index (Phi) is 5.78. The SMILES string of the molecule is Cc1cc(-n2ncc3cc(NC(=O)N[C@H]4CN(C)CC4C4CCCCC4)ncc32)ccn1. The molecule has 5 rings (SSSR count). The highest BCUT2D eigenvalue weighted by Crippen LogP contribution is 2.35. The summed E-state index contributed by atoms with van der Waals surface area (Å²) in [6.07, 6.45) is 11.9. The number of likely N-dealkylation sites (N-methyl/N-ethyl adjacent to an activating group) is 1. The minimum absolute atomic E-state index is 0.185. The molecule has 8 heteroatoms. The number of hydrogen-bond donors (Lipinski definition) is 2. The summed E-state index contributed by atoms with van der Waals surface area (Å²) in [4.78, 5) is 23.8. The van der Waals surface area contributed by atoms with Crippen LogP contribution in [0, 0.1) is 18.8 Å². The molecule has 32 heavy (non-hydrogen) atoms. The monoisotopic (exact) mass is 433 g/mol. The van der Waals surface area contributed by atoms with Gasteiger partial charge in [-0.3, -0.25) is 10.3 Å². The Morgan fingerprint density at radius 1 is 1.09 bits per heavy atom. The van der Waals surface area contributed by atoms with Crippen molar-refractivity contribution in [3.05, 3.63) is 42.5 Å². The van der Waals surface area contributed by atoms with Crippen LogP contribution in [0.25, 0.3) is 16.6 Å². The molecule has 168 valence electrons. The number of anilines is 1. The van der Waals surface area contributed by atoms with Gasteiger partial charge in [-0.1, -0.05) is 32.1 Å². The van der Waals surface area contributed by atoms with E-state index in [2.05, 4.69) is 37.6 Å². The number of nitrogens with one attached hydrogen (secondary N) is 2. The van der Waals surface area contributed by atoms with Gasteiger partial charge in [0.15, 0.2) is 0 Å². The summed E-state index contributed by atoms with van der Waals surface area (Å²) < 4.78 is 1.84. The highest BCUT2D eigenvalue weighted by Gasteiger charge is 2.37. The Morgan fingerprint density at radius 3 is 2.75 bits per heavy atom. The van der Waals surface area contributed by atoms with E-state index in [1.807, 2.05) is 29.8 Å². The Morgan fingerprint density at radius 2 is 1.94 bits per heavy atom. The number of aryl methyl sites for hydroxylation is 1. The smallest absolute Gasteiger partial charge is 0.320 e. The lowest BCUT2D eigenvalue weighted by molar-refractivity contribution is 0.216. The predicted octanol–water partition coefficient (Wildman–Crippen LogP) is 3.76. The van der Waals surface area contributed by atoms with Crippen LogP contribution in [0.3, 0.4) is 0 Å². The Hall–Kier alpha value is -3.00. The molecule has 2 aliphatic rings. The second-order valence-corrected chi connectivity index (χ2v) is 9.33. The number of aromatic nitrogens is 4. The molecule has 0 spiro atoms. The normalized spacial score (nSPS) is 22.3. The number of nitrogens with zero attached hydrogens (tertiary/aromatic N) is 5. The first-order chi connectivity index (χ1) is 15.6. The summed E-state index contributed by atoms with van der Waals surface area (Å²) in [5.41, 5.74) is 2.75. The average Bonchev–Trinajstić information content (AvgIpc) is 3.37. The van der Waals surface area contributed by atoms with Crippen LogP contribution in [-0.2, 0) is 0 Å². The lowest BCUT2D eigenvalue weighted by Crippen LogP contribution is -2.45. The zero-order valence-electron chi connectivity index (χ0n) is 18.8. The van der Waals surface area contributed by atoms with Crippen molar-refractivity contribution in [2.75, 3.05) is 25.5 Å². The Balaban J connectivity index is 1.27. The van der Waals surface area contributed by atoms with E-state index >= 15 is 0 Å². The summed E-state index contributed by atoms with van der Waals surface area (Å²) >= 11 is 0. The van der Waals surface area contributed by atoms with E-state index in [1.165, 1.54) is 32.1 Å². The summed E-state index contributed by atoms with van der Waals surface area (Å²) in [6, 6.07) is 5.76. The van der Waals surface area contributed by atoms with Crippen LogP contribution in [0.1, 0.15) is 37.8 Å². The largest absolute Gasteiger partial charge is 0.333 e. The average molecular weight is 434 g/mol. The molecule has 2 fully saturated rings. The molecule has 2 amide bonds. The third-order valence-corrected chi connectivity index (χ3v) is 6.94. The van der Waals surface area contributed by atoms with Crippen LogP contribution in [0.15, 0.2) is 36.8 Å². The maximum Gasteiger partial charge on any atom is 0.320 e. The standard InChI is InChI=1S/C24H31N7O/c1-16-10-19(8-9-25-16)31-22-13-26-23(11-18(22)12-27-31)29-24(32)28-21-15-30(2)14-20(21)17-6-4-3-5-7-17/h8-13,17,20-21H,3-7,14-15H2,1-2H3,(H2,26,28,29,32)/t20?,21-/m0/s1. The Labute approximate surface area is 188 Å². The maximum absolute atomic E-state index is 12.8. The zero-order chi connectivity index (χ0) is 22.1. The van der Waals surface area contributed by atoms with Crippen molar-refractivity contribution in [2.45, 2.75) is 45.1 Å². The summed E-state index contributed by atoms with van der Waals surface area (Å²) in [7, 11) is 2.15. The summed E-state index contributed by atoms with van der Waals surface area (Å²) in [6.45, 7) is 3.92. The van der Waals surface area contributed by atoms with E-state index in [9.17, 15) is 4.79 Å². The molecule has 3 aromatic rings. The number of carbonyl (C=O) groups is 1. The fraction of sp³-hybridized carbons (Fsp3) is 0.500. The van der Waals surface area contributed by atoms with E-state index in [4.69, 9.17) is 0 Å². The second kappa shape index (κ2) is 8.86. The molecular formula is C24H31N7O. The first kappa shape index (κ1) is 20.9. The molecule has 3 aromatic heterocycles. The third kappa shape index (κ3) is 4.32. The fourth-order valence-electron chi connectivity index (χ4n) is 5.41. The molecule has 0 bridgehead atoms. The van der Waals surface area contributed by atoms with Crippen LogP contribution in [0.4, 0.5) is 10.6 Å². The van der Waals surface area contributed by atoms with E-state index in [1.54, 1.807) is 18.6 Å². The van der Waals surface area contributed by atoms with Crippen molar-refractivity contribution in [2.24, 2.45) is 11.8 Å². The number of urea groups is 1. The van der Waals surface area contributed by atoms with Gasteiger partial charge < -0.3 is 10.2 Å². The summed E-state index contributed by atoms with van der Waals surface area (Å²) in [5.74, 6) is 1.78. The molecule has 4 heterocycles. The van der Waals surface area contributed by atoms with Crippen molar-refractivity contribution < 1.29 is 4.79 Å². The van der Waals surface area contributed by atoms with Crippen molar-refractivity contribution in [1.29, 1.82) is 0 Å². The third-order valence-electron chi connectivity index (χ3n) is 6.94. The summed E-state index contributed by atoms with van der Waals surface area (Å²) in [5, 5.41) is 11.6. The number of likely N-dealkylation sites (tertiary alicyclic amines) is 1. The van der Waals surface area contributed by atoms with E-state index in [-0.39, 0.29) is 12.1 Å². The van der Waals surface area contributed by atoms with Crippen molar-refractivity contribution in [3.63, 3.8) is 0 Å². The molecule has 1 saturated carbocycles. The molecule has 1 saturated heterocycles. The minimum Gasteiger partial charge on any atom is -0.333 e. The van der Waals surface area contributed by atoms with E-state index < -0.39 is 0 Å². The minimum atomic E-state index is -0.185. The molecule has 8 nitrogen and oxygen atoms in total. The number of amides is 2. The van der Waals surface area contributed by atoms with Gasteiger partial charge in [0.25, 0.3) is 0 Å². The second-order valence-electron chi connectivity index (χ2n) is 9.33. The van der Waals surface area contributed by atoms with E-state index in [0.29, 0.717) is 11.7 Å². The van der Waals surface area contributed by atoms with Crippen LogP contribution in [-0.4, -0.2) is 56.9 Å². The van der Waals surface area contributed by atoms with Crippen molar-refractivity contribution in [1.82, 2.24) is 30.0 Å². The molecule has 1 aliphatic heterocycles. The van der Waals surface area contributed by atoms with E-state index in [0.717, 1.165) is 41.3 Å². The van der Waals surface area contributed by atoms with Gasteiger partial charge >= 0.3 is 6.03 Å². The number of carbonyl (C=O) groups excluding carboxylic acids is 1. The van der Waals surface area contributed by atoms with Crippen LogP contribution < -0.4 is 10.6 Å². The fourth-order valence-corrected chi connectivity index (χ4v) is 5.41. The quantitative estimate of drug-likeness (QED) is 0.654. The lowest BCUT2D eigenvalue weighted by atomic mass is 9.78. The molecule has 2 N–H and O–H groups in total. The van der Waals surface area contributed by atoms with Gasteiger partial charge in [-0.15, -0.1) is 0 Å². The van der Waals surface area contributed by atoms with Gasteiger partial charge in [0.2, 0.25) is 0 Å². The molecule has 1 aliphatic carbocycles. The predicted molar refractivity (Wildman–Crippen MR) is 125 cm³/mol. The van der Waals surface area contributed by atoms with Gasteiger partial charge in [-0.2, -0.15) is 5.10 Å². The van der Waals surface area contributed by atoms with Gasteiger partial charge in [0.1, 0.15) is 5.82 Å². The Bertz CT molecular complexity index is 1100. The number of rotatable bonds is 4. The first-order valence-corrected chi connectivity index (χ1v) is 11.6. The van der Waals surface area contributed by atoms with Crippen LogP contribution in [0.5, 0.6) is 0 Å².